The van der Waals surface area contributed by atoms with Gasteiger partial charge in [-0.15, -0.1) is 5.10 Å². The lowest BCUT2D eigenvalue weighted by Crippen LogP contribution is -2.51. The van der Waals surface area contributed by atoms with Crippen molar-refractivity contribution in [3.05, 3.63) is 23.8 Å². The highest BCUT2D eigenvalue weighted by Crippen LogP contribution is 2.16. The van der Waals surface area contributed by atoms with E-state index >= 15 is 0 Å². The third-order valence-electron chi connectivity index (χ3n) is 4.61. The number of tetrazole rings is 1. The first-order valence-electron chi connectivity index (χ1n) is 8.73. The number of hydrogen-bond acceptors (Lipinski definition) is 6. The second-order valence-electron chi connectivity index (χ2n) is 6.69. The van der Waals surface area contributed by atoms with Crippen LogP contribution in [-0.2, 0) is 16.1 Å². The summed E-state index contributed by atoms with van der Waals surface area (Å²) in [6.45, 7) is 8.22. The fourth-order valence-electron chi connectivity index (χ4n) is 3.26. The van der Waals surface area contributed by atoms with Gasteiger partial charge in [0.2, 0.25) is 11.8 Å². The molecule has 10 heteroatoms. The fourth-order valence-corrected chi connectivity index (χ4v) is 3.26. The SMILES string of the molecule is Cc1cc(C)n(C(C)CC(=O)N2CCN(C(=O)Cn3cnnn3)CC2)n1. The smallest absolute Gasteiger partial charge is 0.244 e. The van der Waals surface area contributed by atoms with Crippen LogP contribution >= 0.6 is 0 Å². The van der Waals surface area contributed by atoms with E-state index in [0.717, 1.165) is 11.4 Å². The summed E-state index contributed by atoms with van der Waals surface area (Å²) in [5, 5.41) is 15.2. The molecule has 0 radical (unpaired) electrons. The molecule has 1 fully saturated rings. The van der Waals surface area contributed by atoms with Crippen molar-refractivity contribution in [3.63, 3.8) is 0 Å². The molecule has 10 nitrogen and oxygen atoms in total. The Morgan fingerprint density at radius 3 is 2.31 bits per heavy atom. The van der Waals surface area contributed by atoms with Gasteiger partial charge < -0.3 is 9.80 Å². The molecular weight excluding hydrogens is 336 g/mol. The van der Waals surface area contributed by atoms with E-state index in [0.29, 0.717) is 32.6 Å². The molecule has 2 aromatic heterocycles. The zero-order chi connectivity index (χ0) is 18.7. The summed E-state index contributed by atoms with van der Waals surface area (Å²) in [6.07, 6.45) is 1.82. The molecule has 1 aliphatic heterocycles. The molecule has 0 bridgehead atoms. The van der Waals surface area contributed by atoms with Gasteiger partial charge in [-0.2, -0.15) is 5.10 Å². The number of carbonyl (C=O) groups is 2. The number of aryl methyl sites for hydroxylation is 2. The average Bonchev–Trinajstić information content (AvgIpc) is 3.24. The quantitative estimate of drug-likeness (QED) is 0.732. The highest BCUT2D eigenvalue weighted by Gasteiger charge is 2.26. The number of hydrogen-bond donors (Lipinski definition) is 0. The van der Waals surface area contributed by atoms with Gasteiger partial charge in [-0.05, 0) is 37.3 Å². The first-order valence-corrected chi connectivity index (χ1v) is 8.73. The lowest BCUT2D eigenvalue weighted by Gasteiger charge is -2.35. The Morgan fingerprint density at radius 1 is 1.12 bits per heavy atom. The van der Waals surface area contributed by atoms with Crippen LogP contribution in [0.5, 0.6) is 0 Å². The number of aromatic nitrogens is 6. The van der Waals surface area contributed by atoms with Crippen LogP contribution in [0.4, 0.5) is 0 Å². The van der Waals surface area contributed by atoms with Crippen LogP contribution in [-0.4, -0.2) is 77.8 Å². The first-order chi connectivity index (χ1) is 12.4. The Hall–Kier alpha value is -2.78. The fraction of sp³-hybridized carbons (Fsp3) is 0.625. The normalized spacial score (nSPS) is 16.0. The Balaban J connectivity index is 1.49. The van der Waals surface area contributed by atoms with Crippen LogP contribution in [0.25, 0.3) is 0 Å². The summed E-state index contributed by atoms with van der Waals surface area (Å²) >= 11 is 0. The molecule has 1 unspecified atom stereocenters. The molecule has 3 heterocycles. The molecule has 140 valence electrons. The van der Waals surface area contributed by atoms with Crippen molar-refractivity contribution in [1.29, 1.82) is 0 Å². The van der Waals surface area contributed by atoms with Gasteiger partial charge in [-0.1, -0.05) is 0 Å². The topological polar surface area (TPSA) is 102 Å². The highest BCUT2D eigenvalue weighted by molar-refractivity contribution is 5.78. The van der Waals surface area contributed by atoms with Crippen molar-refractivity contribution >= 4 is 11.8 Å². The zero-order valence-electron chi connectivity index (χ0n) is 15.4. The van der Waals surface area contributed by atoms with Gasteiger partial charge in [0.15, 0.2) is 0 Å². The summed E-state index contributed by atoms with van der Waals surface area (Å²) in [6, 6.07) is 2.02. The van der Waals surface area contributed by atoms with E-state index in [1.807, 2.05) is 36.4 Å². The van der Waals surface area contributed by atoms with Gasteiger partial charge in [0.25, 0.3) is 0 Å². The third kappa shape index (κ3) is 4.06. The summed E-state index contributed by atoms with van der Waals surface area (Å²) in [7, 11) is 0. The van der Waals surface area contributed by atoms with Crippen LogP contribution in [0.3, 0.4) is 0 Å². The number of carbonyl (C=O) groups excluding carboxylic acids is 2. The van der Waals surface area contributed by atoms with Crippen LogP contribution < -0.4 is 0 Å². The highest BCUT2D eigenvalue weighted by atomic mass is 16.2. The second-order valence-corrected chi connectivity index (χ2v) is 6.69. The molecule has 0 saturated carbocycles. The zero-order valence-corrected chi connectivity index (χ0v) is 15.4. The molecule has 0 spiro atoms. The lowest BCUT2D eigenvalue weighted by atomic mass is 10.2. The maximum absolute atomic E-state index is 12.6. The van der Waals surface area contributed by atoms with Gasteiger partial charge in [0.1, 0.15) is 12.9 Å². The van der Waals surface area contributed by atoms with Gasteiger partial charge in [0.05, 0.1) is 11.7 Å². The number of rotatable bonds is 5. The van der Waals surface area contributed by atoms with E-state index in [1.165, 1.54) is 11.0 Å². The van der Waals surface area contributed by atoms with Crippen LogP contribution in [0.2, 0.25) is 0 Å². The van der Waals surface area contributed by atoms with E-state index < -0.39 is 0 Å². The van der Waals surface area contributed by atoms with Gasteiger partial charge in [-0.3, -0.25) is 14.3 Å². The molecule has 26 heavy (non-hydrogen) atoms. The van der Waals surface area contributed by atoms with E-state index in [9.17, 15) is 9.59 Å². The van der Waals surface area contributed by atoms with Crippen molar-refractivity contribution in [2.75, 3.05) is 26.2 Å². The molecule has 0 aromatic carbocycles. The van der Waals surface area contributed by atoms with Gasteiger partial charge in [-0.25, -0.2) is 4.68 Å². The Labute approximate surface area is 151 Å². The maximum Gasteiger partial charge on any atom is 0.244 e. The standard InChI is InChI=1S/C16H24N8O2/c1-12-8-13(2)24(18-12)14(3)9-15(25)21-4-6-22(7-5-21)16(26)10-23-11-17-19-20-23/h8,11,14H,4-7,9-10H2,1-3H3. The number of amides is 2. The molecule has 1 atom stereocenters. The summed E-state index contributed by atoms with van der Waals surface area (Å²) in [5.74, 6) is 0.0537. The first kappa shape index (κ1) is 18.0. The minimum absolute atomic E-state index is 0.00989. The van der Waals surface area contributed by atoms with Gasteiger partial charge >= 0.3 is 0 Å². The Morgan fingerprint density at radius 2 is 1.77 bits per heavy atom. The Kier molecular flexibility index (Phi) is 5.29. The molecule has 0 aliphatic carbocycles. The molecule has 0 N–H and O–H groups in total. The van der Waals surface area contributed by atoms with Crippen LogP contribution in [0.15, 0.2) is 12.4 Å². The monoisotopic (exact) mass is 360 g/mol. The summed E-state index contributed by atoms with van der Waals surface area (Å²) in [4.78, 5) is 28.4. The molecule has 1 aliphatic rings. The maximum atomic E-state index is 12.6. The minimum atomic E-state index is -0.0413. The van der Waals surface area contributed by atoms with E-state index in [-0.39, 0.29) is 24.4 Å². The molecule has 2 amide bonds. The minimum Gasteiger partial charge on any atom is -0.339 e. The van der Waals surface area contributed by atoms with Crippen LogP contribution in [0.1, 0.15) is 30.8 Å². The molecule has 3 rings (SSSR count). The largest absolute Gasteiger partial charge is 0.339 e. The molecular formula is C16H24N8O2. The number of piperazine rings is 1. The second kappa shape index (κ2) is 7.63. The summed E-state index contributed by atoms with van der Waals surface area (Å²) in [5.41, 5.74) is 2.01. The predicted octanol–water partition coefficient (Wildman–Crippen LogP) is -0.191. The third-order valence-corrected chi connectivity index (χ3v) is 4.61. The van der Waals surface area contributed by atoms with Crippen molar-refractivity contribution in [2.45, 2.75) is 39.8 Å². The van der Waals surface area contributed by atoms with E-state index in [4.69, 9.17) is 0 Å². The molecule has 2 aromatic rings. The van der Waals surface area contributed by atoms with E-state index in [1.54, 1.807) is 4.90 Å². The van der Waals surface area contributed by atoms with Crippen molar-refractivity contribution in [1.82, 2.24) is 39.8 Å². The van der Waals surface area contributed by atoms with E-state index in [2.05, 4.69) is 20.6 Å². The van der Waals surface area contributed by atoms with Crippen LogP contribution in [0, 0.1) is 13.8 Å². The average molecular weight is 360 g/mol. The summed E-state index contributed by atoms with van der Waals surface area (Å²) < 4.78 is 3.30. The predicted molar refractivity (Wildman–Crippen MR) is 92.0 cm³/mol. The number of nitrogens with zero attached hydrogens (tertiary/aromatic N) is 8. The van der Waals surface area contributed by atoms with Crippen molar-refractivity contribution < 1.29 is 9.59 Å². The van der Waals surface area contributed by atoms with Crippen molar-refractivity contribution in [2.24, 2.45) is 0 Å². The molecule has 1 saturated heterocycles. The van der Waals surface area contributed by atoms with Gasteiger partial charge in [0, 0.05) is 38.3 Å². The lowest BCUT2D eigenvalue weighted by molar-refractivity contribution is -0.140. The Bertz CT molecular complexity index is 761. The van der Waals surface area contributed by atoms with Crippen molar-refractivity contribution in [3.8, 4) is 0 Å².